The highest BCUT2D eigenvalue weighted by molar-refractivity contribution is 6.74. The average Bonchev–Trinajstić information content (AvgIpc) is 2.47. The fourth-order valence-electron chi connectivity index (χ4n) is 2.35. The van der Waals surface area contributed by atoms with Gasteiger partial charge in [0.05, 0.1) is 25.4 Å². The lowest BCUT2D eigenvalue weighted by Crippen LogP contribution is -2.55. The minimum Gasteiger partial charge on any atom is -0.475 e. The monoisotopic (exact) mass is 358 g/mol. The number of ether oxygens (including phenoxy) is 1. The second-order valence-electron chi connectivity index (χ2n) is 7.77. The van der Waals surface area contributed by atoms with Gasteiger partial charge in [-0.2, -0.15) is 0 Å². The van der Waals surface area contributed by atoms with Gasteiger partial charge in [-0.15, -0.1) is 0 Å². The van der Waals surface area contributed by atoms with E-state index in [-0.39, 0.29) is 23.4 Å². The summed E-state index contributed by atoms with van der Waals surface area (Å²) in [6.45, 7) is 13.2. The molecule has 7 nitrogen and oxygen atoms in total. The number of nitrogens with one attached hydrogen (secondary N) is 1. The van der Waals surface area contributed by atoms with E-state index in [1.807, 2.05) is 0 Å². The third-order valence-electron chi connectivity index (χ3n) is 5.00. The first kappa shape index (κ1) is 20.9. The van der Waals surface area contributed by atoms with E-state index in [0.717, 1.165) is 0 Å². The summed E-state index contributed by atoms with van der Waals surface area (Å²) < 4.78 is 11.2. The minimum absolute atomic E-state index is 0.0566. The molecule has 0 amide bonds. The fraction of sp³-hybridized carbons (Fsp3) is 0.875. The number of hydrogen-bond donors (Lipinski definition) is 3. The number of aliphatic hydroxyl groups is 2. The Morgan fingerprint density at radius 2 is 1.96 bits per heavy atom. The quantitative estimate of drug-likeness (QED) is 0.383. The van der Waals surface area contributed by atoms with Gasteiger partial charge in [0, 0.05) is 0 Å². The van der Waals surface area contributed by atoms with Crippen LogP contribution in [-0.4, -0.2) is 49.9 Å². The first-order chi connectivity index (χ1) is 11.0. The standard InChI is InChI=1S/C16H31N3O4Si/c1-7-22-15(21)14(19-17)11-8-9-13(20)12(18-11)10-23-24(5,6)16(2,3)4/h11-13,18,20H,7-10H2,1-6H3/p+1/b15-14+/t11-,12+,13-/m0/s1. The van der Waals surface area contributed by atoms with Crippen LogP contribution in [0.4, 0.5) is 0 Å². The highest BCUT2D eigenvalue weighted by Gasteiger charge is 2.42. The number of piperidine rings is 1. The van der Waals surface area contributed by atoms with E-state index in [1.165, 1.54) is 0 Å². The molecule has 8 heteroatoms. The van der Waals surface area contributed by atoms with Crippen LogP contribution >= 0.6 is 0 Å². The Morgan fingerprint density at radius 3 is 2.46 bits per heavy atom. The Balaban J connectivity index is 2.80. The Morgan fingerprint density at radius 1 is 1.33 bits per heavy atom. The van der Waals surface area contributed by atoms with Crippen molar-refractivity contribution in [3.63, 3.8) is 0 Å². The molecule has 1 aliphatic rings. The van der Waals surface area contributed by atoms with E-state index in [9.17, 15) is 15.6 Å². The number of hydrogen-bond acceptors (Lipinski definition) is 6. The number of nitrogens with zero attached hydrogens (tertiary/aromatic N) is 2. The van der Waals surface area contributed by atoms with Gasteiger partial charge in [-0.05, 0) is 37.9 Å². The zero-order valence-corrected chi connectivity index (χ0v) is 16.7. The van der Waals surface area contributed by atoms with Crippen molar-refractivity contribution in [2.24, 2.45) is 0 Å². The molecule has 1 aliphatic heterocycles. The molecular weight excluding hydrogens is 326 g/mol. The third-order valence-corrected chi connectivity index (χ3v) is 9.50. The molecule has 0 saturated carbocycles. The molecule has 0 spiro atoms. The Kier molecular flexibility index (Phi) is 7.22. The van der Waals surface area contributed by atoms with Crippen molar-refractivity contribution in [1.29, 1.82) is 5.39 Å². The SMILES string of the molecule is CCO/C(O)=C(/[N+]#N)[C@@H]1CC[C@H](O)[C@@H](CO[Si](C)(C)C(C)(C)C)N1. The first-order valence-electron chi connectivity index (χ1n) is 8.52. The van der Waals surface area contributed by atoms with Gasteiger partial charge >= 0.3 is 11.6 Å². The summed E-state index contributed by atoms with van der Waals surface area (Å²) in [5, 5.41) is 32.6. The van der Waals surface area contributed by atoms with Crippen molar-refractivity contribution in [2.45, 2.75) is 76.9 Å². The van der Waals surface area contributed by atoms with Crippen molar-refractivity contribution in [3.8, 4) is 0 Å². The Labute approximate surface area is 145 Å². The van der Waals surface area contributed by atoms with Gasteiger partial charge in [0.25, 0.3) is 0 Å². The molecule has 3 N–H and O–H groups in total. The molecule has 3 atom stereocenters. The van der Waals surface area contributed by atoms with Crippen LogP contribution in [0.2, 0.25) is 18.1 Å². The second kappa shape index (κ2) is 8.29. The number of aliphatic hydroxyl groups excluding tert-OH is 2. The Bertz CT molecular complexity index is 497. The number of rotatable bonds is 6. The average molecular weight is 359 g/mol. The molecule has 24 heavy (non-hydrogen) atoms. The van der Waals surface area contributed by atoms with Crippen LogP contribution in [0.25, 0.3) is 4.98 Å². The molecule has 1 heterocycles. The summed E-state index contributed by atoms with van der Waals surface area (Å²) in [4.78, 5) is 3.17. The van der Waals surface area contributed by atoms with Crippen LogP contribution in [0.5, 0.6) is 0 Å². The normalized spacial score (nSPS) is 26.5. The maximum Gasteiger partial charge on any atom is 0.457 e. The maximum absolute atomic E-state index is 10.3. The maximum atomic E-state index is 10.3. The predicted molar refractivity (Wildman–Crippen MR) is 95.5 cm³/mol. The molecule has 138 valence electrons. The molecule has 0 aromatic heterocycles. The van der Waals surface area contributed by atoms with E-state index in [1.54, 1.807) is 6.92 Å². The summed E-state index contributed by atoms with van der Waals surface area (Å²) >= 11 is 0. The summed E-state index contributed by atoms with van der Waals surface area (Å²) in [6, 6.07) is -0.679. The van der Waals surface area contributed by atoms with Crippen LogP contribution in [0.3, 0.4) is 0 Å². The molecule has 1 fully saturated rings. The second-order valence-corrected chi connectivity index (χ2v) is 12.6. The van der Waals surface area contributed by atoms with Crippen LogP contribution < -0.4 is 5.32 Å². The molecule has 0 unspecified atom stereocenters. The van der Waals surface area contributed by atoms with Crippen molar-refractivity contribution in [2.75, 3.05) is 13.2 Å². The third kappa shape index (κ3) is 5.18. The lowest BCUT2D eigenvalue weighted by atomic mass is 9.94. The molecule has 1 saturated heterocycles. The van der Waals surface area contributed by atoms with Crippen LogP contribution in [0.15, 0.2) is 11.6 Å². The van der Waals surface area contributed by atoms with Crippen molar-refractivity contribution >= 4 is 8.32 Å². The van der Waals surface area contributed by atoms with Crippen LogP contribution in [0.1, 0.15) is 40.5 Å². The smallest absolute Gasteiger partial charge is 0.457 e. The summed E-state index contributed by atoms with van der Waals surface area (Å²) in [5.74, 6) is -0.391. The summed E-state index contributed by atoms with van der Waals surface area (Å²) in [6.07, 6.45) is 0.524. The topological polar surface area (TPSA) is 99.1 Å². The van der Waals surface area contributed by atoms with Gasteiger partial charge in [-0.3, -0.25) is 5.32 Å². The predicted octanol–water partition coefficient (Wildman–Crippen LogP) is 3.11. The summed E-state index contributed by atoms with van der Waals surface area (Å²) in [7, 11) is -1.92. The van der Waals surface area contributed by atoms with E-state index in [0.29, 0.717) is 19.4 Å². The van der Waals surface area contributed by atoms with Gasteiger partial charge in [0.15, 0.2) is 13.3 Å². The zero-order valence-electron chi connectivity index (χ0n) is 15.7. The van der Waals surface area contributed by atoms with Crippen LogP contribution in [0, 0.1) is 5.39 Å². The van der Waals surface area contributed by atoms with Gasteiger partial charge in [0.2, 0.25) is 5.39 Å². The van der Waals surface area contributed by atoms with Crippen LogP contribution in [-0.2, 0) is 9.16 Å². The number of diazo groups is 1. The van der Waals surface area contributed by atoms with Gasteiger partial charge < -0.3 is 19.4 Å². The van der Waals surface area contributed by atoms with Gasteiger partial charge in [-0.25, -0.2) is 0 Å². The molecular formula is C16H32N3O4Si+. The molecule has 0 bridgehead atoms. The van der Waals surface area contributed by atoms with Gasteiger partial charge in [0.1, 0.15) is 6.04 Å². The molecule has 1 rings (SSSR count). The fourth-order valence-corrected chi connectivity index (χ4v) is 3.38. The summed E-state index contributed by atoms with van der Waals surface area (Å²) in [5.41, 5.74) is 0.0566. The van der Waals surface area contributed by atoms with Gasteiger partial charge in [-0.1, -0.05) is 20.8 Å². The Hall–Kier alpha value is -1.14. The van der Waals surface area contributed by atoms with E-state index in [2.05, 4.69) is 44.2 Å². The molecule has 0 aromatic carbocycles. The molecule has 0 aromatic rings. The lowest BCUT2D eigenvalue weighted by Gasteiger charge is -2.39. The first-order valence-corrected chi connectivity index (χ1v) is 11.4. The largest absolute Gasteiger partial charge is 0.475 e. The molecule has 0 radical (unpaired) electrons. The van der Waals surface area contributed by atoms with E-state index in [4.69, 9.17) is 9.16 Å². The van der Waals surface area contributed by atoms with Crippen molar-refractivity contribution in [3.05, 3.63) is 16.6 Å². The van der Waals surface area contributed by atoms with Crippen molar-refractivity contribution < 1.29 is 19.4 Å². The van der Waals surface area contributed by atoms with E-state index < -0.39 is 26.4 Å². The highest BCUT2D eigenvalue weighted by atomic mass is 28.4. The lowest BCUT2D eigenvalue weighted by molar-refractivity contribution is 0.0524. The zero-order chi connectivity index (χ0) is 18.5. The minimum atomic E-state index is -1.92. The van der Waals surface area contributed by atoms with E-state index >= 15 is 0 Å². The molecule has 0 aliphatic carbocycles. The highest BCUT2D eigenvalue weighted by Crippen LogP contribution is 2.36. The van der Waals surface area contributed by atoms with Crippen molar-refractivity contribution in [1.82, 2.24) is 5.32 Å².